The lowest BCUT2D eigenvalue weighted by Crippen LogP contribution is -2.51. The Morgan fingerprint density at radius 1 is 0.950 bits per heavy atom. The minimum atomic E-state index is -0.600. The normalized spacial score (nSPS) is 15.8. The Morgan fingerprint density at radius 2 is 1.55 bits per heavy atom. The van der Waals surface area contributed by atoms with Gasteiger partial charge in [-0.3, -0.25) is 9.59 Å². The Morgan fingerprint density at radius 3 is 2.15 bits per heavy atom. The highest BCUT2D eigenvalue weighted by Crippen LogP contribution is 2.23. The molecule has 1 saturated heterocycles. The van der Waals surface area contributed by atoms with Crippen molar-refractivity contribution in [2.24, 2.45) is 0 Å². The molecule has 0 saturated carbocycles. The summed E-state index contributed by atoms with van der Waals surface area (Å²) in [7, 11) is 0. The lowest BCUT2D eigenvalue weighted by Gasteiger charge is -2.37. The topological polar surface area (TPSA) is 66.6 Å². The summed E-state index contributed by atoms with van der Waals surface area (Å²) in [6.07, 6.45) is 0. The first-order valence-electron chi connectivity index (χ1n) is 6.43. The van der Waals surface area contributed by atoms with Crippen molar-refractivity contribution < 1.29 is 4.39 Å². The number of nitrogens with zero attached hydrogens (tertiary/aromatic N) is 2. The number of anilines is 3. The maximum Gasteiger partial charge on any atom is 0.253 e. The zero-order chi connectivity index (χ0) is 14.3. The Hall–Kier alpha value is -2.37. The summed E-state index contributed by atoms with van der Waals surface area (Å²) in [5.41, 5.74) is 5.37. The molecule has 1 aliphatic rings. The van der Waals surface area contributed by atoms with Crippen molar-refractivity contribution in [1.82, 2.24) is 0 Å². The first kappa shape index (κ1) is 12.7. The van der Waals surface area contributed by atoms with Crippen molar-refractivity contribution in [1.29, 1.82) is 0 Å². The Kier molecular flexibility index (Phi) is 2.93. The summed E-state index contributed by atoms with van der Waals surface area (Å²) in [6, 6.07) is 6.60. The number of halogens is 1. The zero-order valence-corrected chi connectivity index (χ0v) is 10.8. The van der Waals surface area contributed by atoms with Crippen LogP contribution in [0.1, 0.15) is 0 Å². The molecule has 0 atom stereocenters. The molecular formula is C14H14FN3O2. The second-order valence-corrected chi connectivity index (χ2v) is 4.85. The van der Waals surface area contributed by atoms with E-state index < -0.39 is 10.9 Å². The number of benzene rings is 1. The first-order valence-corrected chi connectivity index (χ1v) is 6.43. The fourth-order valence-electron chi connectivity index (χ4n) is 2.59. The van der Waals surface area contributed by atoms with Gasteiger partial charge in [0.15, 0.2) is 0 Å². The van der Waals surface area contributed by atoms with Gasteiger partial charge in [-0.2, -0.15) is 0 Å². The molecule has 2 aromatic carbocycles. The van der Waals surface area contributed by atoms with Crippen molar-refractivity contribution in [3.63, 3.8) is 0 Å². The number of para-hydroxylation sites is 1. The van der Waals surface area contributed by atoms with E-state index in [9.17, 15) is 14.0 Å². The van der Waals surface area contributed by atoms with Gasteiger partial charge in [0.25, 0.3) is 10.9 Å². The highest BCUT2D eigenvalue weighted by molar-refractivity contribution is 5.73. The van der Waals surface area contributed by atoms with Gasteiger partial charge in [-0.05, 0) is 12.1 Å². The molecule has 0 spiro atoms. The van der Waals surface area contributed by atoms with E-state index in [0.29, 0.717) is 37.6 Å². The number of hydrogen-bond donors (Lipinski definition) is 1. The van der Waals surface area contributed by atoms with Crippen LogP contribution in [0.5, 0.6) is 0 Å². The summed E-state index contributed by atoms with van der Waals surface area (Å²) in [5, 5.41) is 0. The summed E-state index contributed by atoms with van der Waals surface area (Å²) < 4.78 is 13.7. The summed E-state index contributed by atoms with van der Waals surface area (Å²) >= 11 is 0. The van der Waals surface area contributed by atoms with E-state index in [0.717, 1.165) is 0 Å². The van der Waals surface area contributed by atoms with E-state index in [4.69, 9.17) is 5.73 Å². The van der Waals surface area contributed by atoms with Gasteiger partial charge in [0.2, 0.25) is 0 Å². The van der Waals surface area contributed by atoms with Crippen molar-refractivity contribution in [3.8, 4) is 0 Å². The zero-order valence-electron chi connectivity index (χ0n) is 10.8. The lowest BCUT2D eigenvalue weighted by molar-refractivity contribution is 0.597. The van der Waals surface area contributed by atoms with E-state index in [1.165, 1.54) is 6.07 Å². The Labute approximate surface area is 114 Å². The highest BCUT2D eigenvalue weighted by Gasteiger charge is 2.27. The van der Waals surface area contributed by atoms with E-state index in [1.54, 1.807) is 23.1 Å². The molecule has 0 amide bonds. The van der Waals surface area contributed by atoms with Gasteiger partial charge >= 0.3 is 0 Å². The van der Waals surface area contributed by atoms with Crippen LogP contribution in [0.25, 0.3) is 0 Å². The molecule has 0 radical (unpaired) electrons. The molecule has 3 rings (SSSR count). The maximum absolute atomic E-state index is 13.7. The average molecular weight is 275 g/mol. The molecule has 20 heavy (non-hydrogen) atoms. The minimum Gasteiger partial charge on any atom is -0.394 e. The second-order valence-electron chi connectivity index (χ2n) is 4.85. The standard InChI is InChI=1S/C14H14FN3O2/c15-9-3-1-2-4-10(9)17-5-7-18(8-6-17)12-11(16)13(19)14(12)20/h1-4H,5-8,16H2. The minimum absolute atomic E-state index is 0.0503. The number of nitrogens with two attached hydrogens (primary N) is 1. The third kappa shape index (κ3) is 1.84. The Bertz CT molecular complexity index is 713. The van der Waals surface area contributed by atoms with Crippen LogP contribution < -0.4 is 26.4 Å². The SMILES string of the molecule is Nc1c(N2CCN(c3ccccc3F)CC2)c(=O)c1=O. The number of rotatable bonds is 2. The van der Waals surface area contributed by atoms with E-state index in [1.807, 2.05) is 4.90 Å². The molecule has 0 aromatic heterocycles. The fraction of sp³-hybridized carbons (Fsp3) is 0.286. The molecule has 1 aliphatic heterocycles. The van der Waals surface area contributed by atoms with Gasteiger partial charge in [0.05, 0.1) is 5.69 Å². The van der Waals surface area contributed by atoms with Gasteiger partial charge in [-0.15, -0.1) is 0 Å². The Balaban J connectivity index is 1.74. The predicted octanol–water partition coefficient (Wildman–Crippen LogP) is 0.331. The van der Waals surface area contributed by atoms with Crippen LogP contribution >= 0.6 is 0 Å². The number of nitrogen functional groups attached to an aromatic ring is 1. The number of piperazine rings is 1. The molecular weight excluding hydrogens is 261 g/mol. The lowest BCUT2D eigenvalue weighted by atomic mass is 10.1. The van der Waals surface area contributed by atoms with Crippen LogP contribution in [0.15, 0.2) is 33.9 Å². The van der Waals surface area contributed by atoms with Gasteiger partial charge < -0.3 is 15.5 Å². The highest BCUT2D eigenvalue weighted by atomic mass is 19.1. The van der Waals surface area contributed by atoms with Crippen LogP contribution in [0.4, 0.5) is 21.5 Å². The largest absolute Gasteiger partial charge is 0.394 e. The van der Waals surface area contributed by atoms with Gasteiger partial charge in [-0.25, -0.2) is 4.39 Å². The second kappa shape index (κ2) is 4.63. The van der Waals surface area contributed by atoms with Crippen molar-refractivity contribution in [3.05, 3.63) is 50.5 Å². The van der Waals surface area contributed by atoms with E-state index in [2.05, 4.69) is 0 Å². The van der Waals surface area contributed by atoms with Crippen molar-refractivity contribution in [2.45, 2.75) is 0 Å². The first-order chi connectivity index (χ1) is 9.59. The molecule has 0 unspecified atom stereocenters. The molecule has 2 aromatic rings. The third-order valence-corrected chi connectivity index (χ3v) is 3.71. The van der Waals surface area contributed by atoms with Crippen LogP contribution in [0.3, 0.4) is 0 Å². The van der Waals surface area contributed by atoms with Gasteiger partial charge in [-0.1, -0.05) is 12.1 Å². The van der Waals surface area contributed by atoms with Crippen molar-refractivity contribution in [2.75, 3.05) is 41.7 Å². The molecule has 6 heteroatoms. The van der Waals surface area contributed by atoms with Crippen LogP contribution in [0, 0.1) is 5.82 Å². The molecule has 104 valence electrons. The summed E-state index contributed by atoms with van der Waals surface area (Å²) in [5.74, 6) is -0.255. The summed E-state index contributed by atoms with van der Waals surface area (Å²) in [4.78, 5) is 26.3. The molecule has 0 bridgehead atoms. The van der Waals surface area contributed by atoms with Gasteiger partial charge in [0, 0.05) is 26.2 Å². The van der Waals surface area contributed by atoms with Gasteiger partial charge in [0.1, 0.15) is 17.2 Å². The molecule has 5 nitrogen and oxygen atoms in total. The number of hydrogen-bond acceptors (Lipinski definition) is 5. The molecule has 1 fully saturated rings. The van der Waals surface area contributed by atoms with Crippen LogP contribution in [-0.2, 0) is 0 Å². The van der Waals surface area contributed by atoms with E-state index >= 15 is 0 Å². The summed E-state index contributed by atoms with van der Waals surface area (Å²) in [6.45, 7) is 2.26. The average Bonchev–Trinajstić information content (AvgIpc) is 2.48. The third-order valence-electron chi connectivity index (χ3n) is 3.71. The molecule has 2 N–H and O–H groups in total. The molecule has 1 heterocycles. The van der Waals surface area contributed by atoms with E-state index in [-0.39, 0.29) is 11.5 Å². The predicted molar refractivity (Wildman–Crippen MR) is 76.6 cm³/mol. The van der Waals surface area contributed by atoms with Crippen LogP contribution in [0.2, 0.25) is 0 Å². The van der Waals surface area contributed by atoms with Crippen LogP contribution in [-0.4, -0.2) is 26.2 Å². The maximum atomic E-state index is 13.7. The fourth-order valence-corrected chi connectivity index (χ4v) is 2.59. The quantitative estimate of drug-likeness (QED) is 0.800. The smallest absolute Gasteiger partial charge is 0.253 e. The molecule has 0 aliphatic carbocycles. The monoisotopic (exact) mass is 275 g/mol. The van der Waals surface area contributed by atoms with Crippen molar-refractivity contribution >= 4 is 17.1 Å².